The van der Waals surface area contributed by atoms with Gasteiger partial charge in [-0.2, -0.15) is 0 Å². The molecule has 1 fully saturated rings. The van der Waals surface area contributed by atoms with Gasteiger partial charge in [-0.3, -0.25) is 72.3 Å². The van der Waals surface area contributed by atoms with Crippen molar-refractivity contribution in [1.29, 1.82) is 0 Å². The van der Waals surface area contributed by atoms with E-state index >= 15 is 0 Å². The Bertz CT molecular complexity index is 2900. The summed E-state index contributed by atoms with van der Waals surface area (Å²) in [6.45, 7) is 9.86. The number of carboxylic acid groups (broad SMARTS) is 1. The van der Waals surface area contributed by atoms with Crippen LogP contribution in [0.2, 0.25) is 0 Å². The third-order valence-corrected chi connectivity index (χ3v) is 16.0. The van der Waals surface area contributed by atoms with Crippen molar-refractivity contribution in [2.75, 3.05) is 39.3 Å². The molecule has 1 aliphatic heterocycles. The first-order chi connectivity index (χ1) is 47.9. The maximum Gasteiger partial charge on any atom is 0.305 e. The van der Waals surface area contributed by atoms with Gasteiger partial charge >= 0.3 is 5.97 Å². The Morgan fingerprint density at radius 1 is 0.535 bits per heavy atom. The van der Waals surface area contributed by atoms with Crippen LogP contribution in [0.25, 0.3) is 0 Å². The quantitative estimate of drug-likeness (QED) is 0.0216. The molecule has 1 aromatic rings. The molecule has 101 heavy (non-hydrogen) atoms. The molecule has 1 heterocycles. The number of aliphatic carboxylic acids is 1. The minimum absolute atomic E-state index is 0.00971. The highest BCUT2D eigenvalue weighted by atomic mass is 16.4. The van der Waals surface area contributed by atoms with Gasteiger partial charge in [-0.15, -0.1) is 0 Å². The van der Waals surface area contributed by atoms with Crippen LogP contribution in [0.15, 0.2) is 40.3 Å². The van der Waals surface area contributed by atoms with Gasteiger partial charge in [-0.1, -0.05) is 84.2 Å². The van der Waals surface area contributed by atoms with Gasteiger partial charge in [0.15, 0.2) is 11.9 Å². The molecule has 0 aromatic heterocycles. The molecule has 0 bridgehead atoms. The highest BCUT2D eigenvalue weighted by molar-refractivity contribution is 6.00. The second-order valence-corrected chi connectivity index (χ2v) is 25.9. The average Bonchev–Trinajstić information content (AvgIpc) is 0.868. The summed E-state index contributed by atoms with van der Waals surface area (Å²) in [5.74, 6) is -13.6. The SMILES string of the molecule is CCCCNC(N)=NCCC[C@@H]1NC(=O)[C@H]([C@@H](C)O)NC(=O)[C@H](CO)NC(=O)[C@H](CC(C)C)NC(=O)[C@H](CC(=O)O)NC(=O)[C@H](Cc2ccccc2)NC(=O)[C@H](CCC(N)=O)NC(=O)CCCCCCNC(=O)[C@H](CCCCN)NC(=O)[C@H](CC(C)C)NC(=O)[C@H](CCCN=C(N)N)NC1=O. The number of hydrogen-bond donors (Lipinski definition) is 20. The van der Waals surface area contributed by atoms with Crippen LogP contribution in [-0.2, 0) is 68.7 Å². The van der Waals surface area contributed by atoms with Gasteiger partial charge in [-0.25, -0.2) is 0 Å². The Morgan fingerprint density at radius 2 is 1.00 bits per heavy atom. The van der Waals surface area contributed by atoms with E-state index in [1.54, 1.807) is 58.0 Å². The summed E-state index contributed by atoms with van der Waals surface area (Å²) in [6, 6.07) is -7.57. The Balaban J connectivity index is 2.84. The first-order valence-electron chi connectivity index (χ1n) is 34.8. The Morgan fingerprint density at radius 3 is 1.52 bits per heavy atom. The van der Waals surface area contributed by atoms with E-state index < -0.39 is 162 Å². The van der Waals surface area contributed by atoms with E-state index in [1.807, 2.05) is 6.92 Å². The molecule has 0 radical (unpaired) electrons. The lowest BCUT2D eigenvalue weighted by Gasteiger charge is -2.29. The molecule has 2 rings (SSSR count). The maximum atomic E-state index is 14.7. The standard InChI is InChI=1S/C66H113N19O16/c1-7-8-29-74-66(71)75-32-19-24-44-56(93)78-43(23-18-31-73-65(69)70)57(94)80-46(33-38(2)3)59(96)77-42(22-15-16-28-67)55(92)72-30-17-10-9-14-25-52(89)76-45(26-27-51(68)88)58(95)82-48(35-41-20-12-11-13-21-41)61(98)83-49(36-53(90)91)62(99)81-47(34-39(4)5)60(97)84-50(37-86)63(100)85-54(40(6)87)64(101)79-44/h11-13,20-21,38-40,42-50,54,86-87H,7-10,14-19,22-37,67H2,1-6H3,(H2,68,88)(H,72,92)(H,76,89)(H,77,96)(H,78,93)(H,79,101)(H,80,94)(H,81,99)(H,82,95)(H,83,98)(H,84,97)(H,85,100)(H,90,91)(H4,69,70,73)(H3,71,74,75)/t40-,42+,43+,44+,45+,46+,47+,48+,49+,50+,54+/m1/s1. The molecule has 11 atom stereocenters. The van der Waals surface area contributed by atoms with Crippen LogP contribution in [0.5, 0.6) is 0 Å². The van der Waals surface area contributed by atoms with Crippen molar-refractivity contribution < 1.29 is 77.6 Å². The second-order valence-electron chi connectivity index (χ2n) is 25.9. The molecule has 35 nitrogen and oxygen atoms in total. The number of aliphatic imine (C=N–C) groups is 2. The number of amides is 12. The van der Waals surface area contributed by atoms with Crippen molar-refractivity contribution in [3.05, 3.63) is 35.9 Å². The van der Waals surface area contributed by atoms with E-state index in [0.717, 1.165) is 19.8 Å². The number of aliphatic hydroxyl groups is 2. The lowest BCUT2D eigenvalue weighted by molar-refractivity contribution is -0.141. The number of nitrogens with zero attached hydrogens (tertiary/aromatic N) is 2. The fourth-order valence-electron chi connectivity index (χ4n) is 10.5. The van der Waals surface area contributed by atoms with Gasteiger partial charge in [0.05, 0.1) is 19.1 Å². The van der Waals surface area contributed by atoms with Gasteiger partial charge < -0.3 is 108 Å². The van der Waals surface area contributed by atoms with Crippen molar-refractivity contribution >= 4 is 88.8 Å². The average molecular weight is 1430 g/mol. The van der Waals surface area contributed by atoms with Crippen LogP contribution >= 0.6 is 0 Å². The molecular formula is C66H113N19O16. The molecule has 35 heteroatoms. The largest absolute Gasteiger partial charge is 0.481 e. The molecule has 0 saturated carbocycles. The molecule has 0 aliphatic carbocycles. The summed E-state index contributed by atoms with van der Waals surface area (Å²) in [7, 11) is 0. The van der Waals surface area contributed by atoms with Crippen molar-refractivity contribution in [3.8, 4) is 0 Å². The van der Waals surface area contributed by atoms with Gasteiger partial charge in [-0.05, 0) is 114 Å². The monoisotopic (exact) mass is 1430 g/mol. The minimum Gasteiger partial charge on any atom is -0.481 e. The molecular weight excluding hydrogens is 1310 g/mol. The molecule has 25 N–H and O–H groups in total. The molecule has 1 aliphatic rings. The van der Waals surface area contributed by atoms with Crippen LogP contribution in [0.3, 0.4) is 0 Å². The maximum absolute atomic E-state index is 14.7. The molecule has 0 spiro atoms. The predicted octanol–water partition coefficient (Wildman–Crippen LogP) is -3.97. The van der Waals surface area contributed by atoms with Crippen LogP contribution in [0, 0.1) is 11.8 Å². The number of nitrogens with one attached hydrogen (secondary N) is 12. The third-order valence-electron chi connectivity index (χ3n) is 16.0. The van der Waals surface area contributed by atoms with Crippen LogP contribution in [0.1, 0.15) is 169 Å². The van der Waals surface area contributed by atoms with E-state index in [0.29, 0.717) is 57.2 Å². The summed E-state index contributed by atoms with van der Waals surface area (Å²) in [6.07, 6.45) is 0.347. The van der Waals surface area contributed by atoms with Crippen molar-refractivity contribution in [1.82, 2.24) is 63.8 Å². The summed E-state index contributed by atoms with van der Waals surface area (Å²) in [4.78, 5) is 189. The van der Waals surface area contributed by atoms with E-state index in [9.17, 15) is 77.6 Å². The number of carbonyl (C=O) groups is 13. The Labute approximate surface area is 590 Å². The van der Waals surface area contributed by atoms with Gasteiger partial charge in [0, 0.05) is 45.4 Å². The third kappa shape index (κ3) is 36.6. The number of nitrogens with two attached hydrogens (primary N) is 5. The zero-order valence-electron chi connectivity index (χ0n) is 59.2. The number of carbonyl (C=O) groups excluding carboxylic acids is 12. The topological polar surface area (TPSA) is 582 Å². The molecule has 1 aromatic carbocycles. The Kier molecular flexibility index (Phi) is 42.2. The number of aliphatic hydroxyl groups excluding tert-OH is 2. The van der Waals surface area contributed by atoms with Gasteiger partial charge in [0.2, 0.25) is 70.9 Å². The molecule has 1 saturated heterocycles. The van der Waals surface area contributed by atoms with E-state index in [4.69, 9.17) is 28.7 Å². The number of carboxylic acids is 1. The first kappa shape index (κ1) is 87.8. The lowest BCUT2D eigenvalue weighted by Crippen LogP contribution is -2.62. The van der Waals surface area contributed by atoms with Crippen molar-refractivity contribution in [2.45, 2.75) is 236 Å². The highest BCUT2D eigenvalue weighted by Gasteiger charge is 2.38. The number of unbranched alkanes of at least 4 members (excludes halogenated alkanes) is 2. The molecule has 0 unspecified atom stereocenters. The fraction of sp³-hybridized carbons (Fsp3) is 0.682. The van der Waals surface area contributed by atoms with Gasteiger partial charge in [0.1, 0.15) is 60.4 Å². The zero-order chi connectivity index (χ0) is 75.6. The number of rotatable bonds is 28. The molecule has 12 amide bonds. The summed E-state index contributed by atoms with van der Waals surface area (Å²) < 4.78 is 0. The first-order valence-corrected chi connectivity index (χ1v) is 34.8. The predicted molar refractivity (Wildman–Crippen MR) is 375 cm³/mol. The second kappa shape index (κ2) is 48.5. The van der Waals surface area contributed by atoms with Crippen LogP contribution in [-0.4, -0.2) is 210 Å². The number of primary amides is 1. The summed E-state index contributed by atoms with van der Waals surface area (Å²) in [5.41, 5.74) is 29.0. The van der Waals surface area contributed by atoms with Crippen molar-refractivity contribution in [3.63, 3.8) is 0 Å². The lowest BCUT2D eigenvalue weighted by atomic mass is 10.0. The molecule has 568 valence electrons. The van der Waals surface area contributed by atoms with E-state index in [2.05, 4.69) is 73.8 Å². The summed E-state index contributed by atoms with van der Waals surface area (Å²) >= 11 is 0. The van der Waals surface area contributed by atoms with Gasteiger partial charge in [0.25, 0.3) is 0 Å². The fourth-order valence-corrected chi connectivity index (χ4v) is 10.5. The number of guanidine groups is 2. The zero-order valence-corrected chi connectivity index (χ0v) is 59.2. The smallest absolute Gasteiger partial charge is 0.305 e. The summed E-state index contributed by atoms with van der Waals surface area (Å²) in [5, 5.41) is 62.8. The van der Waals surface area contributed by atoms with Crippen LogP contribution in [0.4, 0.5) is 0 Å². The highest BCUT2D eigenvalue weighted by Crippen LogP contribution is 2.14. The number of benzene rings is 1. The van der Waals surface area contributed by atoms with Crippen molar-refractivity contribution in [2.24, 2.45) is 50.5 Å². The minimum atomic E-state index is -1.94. The van der Waals surface area contributed by atoms with E-state index in [-0.39, 0.29) is 108 Å². The normalized spacial score (nSPS) is 23.6. The van der Waals surface area contributed by atoms with E-state index in [1.165, 1.54) is 0 Å². The number of hydrogen-bond acceptors (Lipinski definition) is 18. The van der Waals surface area contributed by atoms with Crippen LogP contribution < -0.4 is 92.5 Å². The Hall–Kier alpha value is -9.25.